The summed E-state index contributed by atoms with van der Waals surface area (Å²) in [6.45, 7) is 3.74. The van der Waals surface area contributed by atoms with Crippen LogP contribution in [0.15, 0.2) is 65.4 Å². The summed E-state index contributed by atoms with van der Waals surface area (Å²) in [5, 5.41) is 7.59. The Hall–Kier alpha value is -2.75. The molecule has 0 aliphatic carbocycles. The Morgan fingerprint density at radius 1 is 1.00 bits per heavy atom. The fraction of sp³-hybridized carbons (Fsp3) is 0.364. The summed E-state index contributed by atoms with van der Waals surface area (Å²) in [5.74, 6) is 0.489. The van der Waals surface area contributed by atoms with Crippen LogP contribution in [0.5, 0.6) is 0 Å². The lowest BCUT2D eigenvalue weighted by atomic mass is 10.1. The molecule has 4 rings (SSSR count). The molecule has 0 atom stereocenters. The predicted molar refractivity (Wildman–Crippen MR) is 118 cm³/mol. The fourth-order valence-electron chi connectivity index (χ4n) is 3.54. The van der Waals surface area contributed by atoms with Crippen LogP contribution in [0, 0.1) is 0 Å². The maximum Gasteiger partial charge on any atom is 0.247 e. The van der Waals surface area contributed by atoms with Gasteiger partial charge < -0.3 is 9.15 Å². The zero-order chi connectivity index (χ0) is 21.5. The lowest BCUT2D eigenvalue weighted by molar-refractivity contribution is 0.142. The largest absolute Gasteiger partial charge is 0.423 e. The zero-order valence-electron chi connectivity index (χ0n) is 17.3. The molecule has 0 N–H and O–H groups in total. The number of benzene rings is 2. The third kappa shape index (κ3) is 5.69. The van der Waals surface area contributed by atoms with Crippen molar-refractivity contribution in [2.24, 2.45) is 0 Å². The van der Waals surface area contributed by atoms with Crippen LogP contribution < -0.4 is 4.31 Å². The van der Waals surface area contributed by atoms with Gasteiger partial charge in [0.15, 0.2) is 0 Å². The molecule has 164 valence electrons. The zero-order valence-corrected chi connectivity index (χ0v) is 18.1. The van der Waals surface area contributed by atoms with Gasteiger partial charge in [-0.3, -0.25) is 9.21 Å². The molecule has 0 unspecified atom stereocenters. The van der Waals surface area contributed by atoms with Gasteiger partial charge in [-0.1, -0.05) is 30.3 Å². The fourth-order valence-corrected chi connectivity index (χ4v) is 5.04. The highest BCUT2D eigenvalue weighted by Gasteiger charge is 2.24. The SMILES string of the molecule is O=S(=O)(CCN1CCCOCC1)N(Cc1ccc(-c2nnco2)cc1)c1ccccc1. The molecule has 1 aliphatic heterocycles. The molecule has 2 aromatic carbocycles. The molecular formula is C22H26N4O4S. The molecule has 1 fully saturated rings. The summed E-state index contributed by atoms with van der Waals surface area (Å²) in [5.41, 5.74) is 2.32. The van der Waals surface area contributed by atoms with E-state index in [1.807, 2.05) is 54.6 Å². The Morgan fingerprint density at radius 3 is 2.55 bits per heavy atom. The Kier molecular flexibility index (Phi) is 6.96. The third-order valence-electron chi connectivity index (χ3n) is 5.25. The van der Waals surface area contributed by atoms with Gasteiger partial charge in [0.25, 0.3) is 0 Å². The number of rotatable bonds is 8. The second kappa shape index (κ2) is 10.0. The van der Waals surface area contributed by atoms with E-state index in [9.17, 15) is 8.42 Å². The number of para-hydroxylation sites is 1. The molecule has 2 heterocycles. The Bertz CT molecular complexity index is 1030. The van der Waals surface area contributed by atoms with Crippen LogP contribution in [0.1, 0.15) is 12.0 Å². The van der Waals surface area contributed by atoms with E-state index in [4.69, 9.17) is 9.15 Å². The molecule has 0 spiro atoms. The van der Waals surface area contributed by atoms with Crippen LogP contribution in [0.2, 0.25) is 0 Å². The highest BCUT2D eigenvalue weighted by Crippen LogP contribution is 2.23. The molecule has 31 heavy (non-hydrogen) atoms. The number of nitrogens with zero attached hydrogens (tertiary/aromatic N) is 4. The lowest BCUT2D eigenvalue weighted by Crippen LogP contribution is -2.38. The van der Waals surface area contributed by atoms with Gasteiger partial charge in [0, 0.05) is 31.8 Å². The van der Waals surface area contributed by atoms with Crippen molar-refractivity contribution in [3.8, 4) is 11.5 Å². The van der Waals surface area contributed by atoms with Crippen molar-refractivity contribution >= 4 is 15.7 Å². The van der Waals surface area contributed by atoms with Gasteiger partial charge in [0.1, 0.15) is 0 Å². The van der Waals surface area contributed by atoms with Crippen molar-refractivity contribution in [3.63, 3.8) is 0 Å². The van der Waals surface area contributed by atoms with Crippen LogP contribution in [-0.2, 0) is 21.3 Å². The van der Waals surface area contributed by atoms with E-state index in [0.717, 1.165) is 37.2 Å². The quantitative estimate of drug-likeness (QED) is 0.530. The standard InChI is InChI=1S/C22H26N4O4S/c27-31(28,16-13-25-11-4-14-29-15-12-25)26(21-5-2-1-3-6-21)17-19-7-9-20(10-8-19)22-24-23-18-30-22/h1-3,5-10,18H,4,11-17H2. The molecule has 0 bridgehead atoms. The highest BCUT2D eigenvalue weighted by atomic mass is 32.2. The van der Waals surface area contributed by atoms with Crippen LogP contribution in [-0.4, -0.2) is 62.1 Å². The maximum atomic E-state index is 13.4. The second-order valence-corrected chi connectivity index (χ2v) is 9.42. The minimum Gasteiger partial charge on any atom is -0.423 e. The summed E-state index contributed by atoms with van der Waals surface area (Å²) in [4.78, 5) is 2.16. The first-order chi connectivity index (χ1) is 15.1. The summed E-state index contributed by atoms with van der Waals surface area (Å²) in [6.07, 6.45) is 2.21. The van der Waals surface area contributed by atoms with E-state index in [-0.39, 0.29) is 12.3 Å². The van der Waals surface area contributed by atoms with Crippen LogP contribution >= 0.6 is 0 Å². The third-order valence-corrected chi connectivity index (χ3v) is 6.96. The summed E-state index contributed by atoms with van der Waals surface area (Å²) < 4.78 is 38.9. The van der Waals surface area contributed by atoms with Crippen LogP contribution in [0.3, 0.4) is 0 Å². The Labute approximate surface area is 182 Å². The van der Waals surface area contributed by atoms with Gasteiger partial charge in [-0.25, -0.2) is 8.42 Å². The number of anilines is 1. The maximum absolute atomic E-state index is 13.4. The first kappa shape index (κ1) is 21.5. The smallest absolute Gasteiger partial charge is 0.247 e. The normalized spacial score (nSPS) is 15.5. The van der Waals surface area contributed by atoms with Gasteiger partial charge in [-0.15, -0.1) is 10.2 Å². The Morgan fingerprint density at radius 2 is 1.81 bits per heavy atom. The molecule has 0 saturated carbocycles. The van der Waals surface area contributed by atoms with Gasteiger partial charge in [-0.05, 0) is 36.2 Å². The van der Waals surface area contributed by atoms with E-state index in [1.165, 1.54) is 10.7 Å². The van der Waals surface area contributed by atoms with Crippen molar-refractivity contribution in [1.29, 1.82) is 0 Å². The minimum atomic E-state index is -3.53. The van der Waals surface area contributed by atoms with E-state index in [0.29, 0.717) is 24.7 Å². The minimum absolute atomic E-state index is 0.0575. The highest BCUT2D eigenvalue weighted by molar-refractivity contribution is 7.92. The predicted octanol–water partition coefficient (Wildman–Crippen LogP) is 2.80. The van der Waals surface area contributed by atoms with Gasteiger partial charge in [-0.2, -0.15) is 0 Å². The van der Waals surface area contributed by atoms with Gasteiger partial charge in [0.2, 0.25) is 22.3 Å². The van der Waals surface area contributed by atoms with Crippen molar-refractivity contribution < 1.29 is 17.6 Å². The topological polar surface area (TPSA) is 88.8 Å². The van der Waals surface area contributed by atoms with E-state index >= 15 is 0 Å². The number of ether oxygens (including phenoxy) is 1. The summed E-state index contributed by atoms with van der Waals surface area (Å²) in [7, 11) is -3.53. The molecule has 1 aliphatic rings. The number of hydrogen-bond acceptors (Lipinski definition) is 7. The molecule has 1 saturated heterocycles. The molecule has 9 heteroatoms. The van der Waals surface area contributed by atoms with E-state index in [2.05, 4.69) is 15.1 Å². The van der Waals surface area contributed by atoms with Crippen LogP contribution in [0.4, 0.5) is 5.69 Å². The average Bonchev–Trinajstić information content (AvgIpc) is 3.21. The molecule has 0 radical (unpaired) electrons. The monoisotopic (exact) mass is 442 g/mol. The van der Waals surface area contributed by atoms with Gasteiger partial charge >= 0.3 is 0 Å². The van der Waals surface area contributed by atoms with Crippen molar-refractivity contribution in [1.82, 2.24) is 15.1 Å². The molecule has 8 nitrogen and oxygen atoms in total. The number of sulfonamides is 1. The molecule has 1 aromatic heterocycles. The molecular weight excluding hydrogens is 416 g/mol. The first-order valence-electron chi connectivity index (χ1n) is 10.3. The molecule has 3 aromatic rings. The van der Waals surface area contributed by atoms with E-state index < -0.39 is 10.0 Å². The van der Waals surface area contributed by atoms with Gasteiger partial charge in [0.05, 0.1) is 24.6 Å². The average molecular weight is 443 g/mol. The van der Waals surface area contributed by atoms with Crippen molar-refractivity contribution in [2.45, 2.75) is 13.0 Å². The summed E-state index contributed by atoms with van der Waals surface area (Å²) >= 11 is 0. The van der Waals surface area contributed by atoms with Crippen molar-refractivity contribution in [3.05, 3.63) is 66.6 Å². The lowest BCUT2D eigenvalue weighted by Gasteiger charge is -2.26. The summed E-state index contributed by atoms with van der Waals surface area (Å²) in [6, 6.07) is 16.7. The van der Waals surface area contributed by atoms with Crippen molar-refractivity contribution in [2.75, 3.05) is 42.9 Å². The second-order valence-electron chi connectivity index (χ2n) is 7.41. The number of hydrogen-bond donors (Lipinski definition) is 0. The first-order valence-corrected chi connectivity index (χ1v) is 11.9. The Balaban J connectivity index is 1.51. The van der Waals surface area contributed by atoms with Crippen LogP contribution in [0.25, 0.3) is 11.5 Å². The number of aromatic nitrogens is 2. The van der Waals surface area contributed by atoms with E-state index in [1.54, 1.807) is 0 Å². The molecule has 0 amide bonds.